The summed E-state index contributed by atoms with van der Waals surface area (Å²) >= 11 is 0. The van der Waals surface area contributed by atoms with Crippen LogP contribution in [0.25, 0.3) is 0 Å². The summed E-state index contributed by atoms with van der Waals surface area (Å²) in [5.74, 6) is 0. The minimum Gasteiger partial charge on any atom is -0.269 e. The number of pyridine rings is 1. The molecule has 1 heterocycles. The van der Waals surface area contributed by atoms with Crippen LogP contribution < -0.4 is 5.59 Å². The van der Waals surface area contributed by atoms with Crippen molar-refractivity contribution in [3.05, 3.63) is 23.9 Å². The van der Waals surface area contributed by atoms with Crippen LogP contribution in [-0.2, 0) is 0 Å². The summed E-state index contributed by atoms with van der Waals surface area (Å²) in [5.41, 5.74) is 2.17. The van der Waals surface area contributed by atoms with Crippen LogP contribution in [0.2, 0.25) is 6.32 Å². The molecule has 0 aliphatic carbocycles. The lowest BCUT2D eigenvalue weighted by molar-refractivity contribution is 1.23. The maximum absolute atomic E-state index is 4.31. The Kier molecular flexibility index (Phi) is 2.49. The van der Waals surface area contributed by atoms with Gasteiger partial charge in [0.15, 0.2) is 7.28 Å². The van der Waals surface area contributed by atoms with E-state index in [0.29, 0.717) is 0 Å². The van der Waals surface area contributed by atoms with Crippen LogP contribution in [0.1, 0.15) is 12.6 Å². The lowest BCUT2D eigenvalue weighted by Crippen LogP contribution is -2.17. The van der Waals surface area contributed by atoms with E-state index in [-0.39, 0.29) is 0 Å². The number of aryl methyl sites for hydroxylation is 1. The molecule has 51 valence electrons. The van der Waals surface area contributed by atoms with E-state index in [1.807, 2.05) is 25.1 Å². The van der Waals surface area contributed by atoms with Gasteiger partial charge in [-0.25, -0.2) is 0 Å². The Morgan fingerprint density at radius 2 is 2.30 bits per heavy atom. The van der Waals surface area contributed by atoms with Crippen LogP contribution in [0.15, 0.2) is 18.2 Å². The largest absolute Gasteiger partial charge is 0.269 e. The summed E-state index contributed by atoms with van der Waals surface area (Å²) in [7, 11) is 2.12. The zero-order chi connectivity index (χ0) is 7.40. The summed E-state index contributed by atoms with van der Waals surface area (Å²) in [6, 6.07) is 6.06. The molecule has 1 nitrogen and oxygen atoms in total. The van der Waals surface area contributed by atoms with Gasteiger partial charge in [-0.1, -0.05) is 25.4 Å². The fourth-order valence-corrected chi connectivity index (χ4v) is 0.887. The Bertz CT molecular complexity index is 210. The molecule has 0 aromatic carbocycles. The van der Waals surface area contributed by atoms with Crippen molar-refractivity contribution in [2.75, 3.05) is 0 Å². The molecule has 1 aromatic heterocycles. The van der Waals surface area contributed by atoms with Crippen LogP contribution in [0.4, 0.5) is 0 Å². The summed E-state index contributed by atoms with van der Waals surface area (Å²) in [6.45, 7) is 4.12. The Labute approximate surface area is 62.7 Å². The van der Waals surface area contributed by atoms with Crippen molar-refractivity contribution < 1.29 is 0 Å². The van der Waals surface area contributed by atoms with Gasteiger partial charge < -0.3 is 0 Å². The van der Waals surface area contributed by atoms with Crippen molar-refractivity contribution in [2.45, 2.75) is 20.2 Å². The number of hydrogen-bond acceptors (Lipinski definition) is 1. The molecule has 2 heteroatoms. The zero-order valence-corrected chi connectivity index (χ0v) is 6.46. The van der Waals surface area contributed by atoms with Crippen molar-refractivity contribution in [3.63, 3.8) is 0 Å². The van der Waals surface area contributed by atoms with Crippen molar-refractivity contribution in [3.8, 4) is 0 Å². The highest BCUT2D eigenvalue weighted by atomic mass is 14.7. The van der Waals surface area contributed by atoms with Gasteiger partial charge in [-0.15, -0.1) is 0 Å². The van der Waals surface area contributed by atoms with Crippen molar-refractivity contribution in [1.82, 2.24) is 4.98 Å². The fraction of sp³-hybridized carbons (Fsp3) is 0.375. The lowest BCUT2D eigenvalue weighted by atomic mass is 9.71. The Balaban J connectivity index is 2.75. The molecule has 1 rings (SSSR count). The van der Waals surface area contributed by atoms with E-state index in [9.17, 15) is 0 Å². The smallest absolute Gasteiger partial charge is 0.177 e. The average molecular weight is 132 g/mol. The number of aromatic nitrogens is 1. The fourth-order valence-electron chi connectivity index (χ4n) is 0.887. The molecule has 0 saturated heterocycles. The van der Waals surface area contributed by atoms with Crippen LogP contribution in [0.5, 0.6) is 0 Å². The SMILES string of the molecule is CC[B]c1cccc(C)n1. The number of rotatable bonds is 2. The second-order valence-electron chi connectivity index (χ2n) is 2.32. The molecule has 10 heavy (non-hydrogen) atoms. The highest BCUT2D eigenvalue weighted by Crippen LogP contribution is 1.86. The van der Waals surface area contributed by atoms with E-state index in [1.165, 1.54) is 0 Å². The molecule has 0 amide bonds. The highest BCUT2D eigenvalue weighted by Gasteiger charge is 1.92. The molecular formula is C8H11BN. The predicted molar refractivity (Wildman–Crippen MR) is 44.8 cm³/mol. The predicted octanol–water partition coefficient (Wildman–Crippen LogP) is 1.16. The summed E-state index contributed by atoms with van der Waals surface area (Å²) in [4.78, 5) is 4.31. The Hall–Kier alpha value is -0.785. The Morgan fingerprint density at radius 1 is 1.50 bits per heavy atom. The van der Waals surface area contributed by atoms with Gasteiger partial charge in [0.05, 0.1) is 0 Å². The second kappa shape index (κ2) is 3.40. The third-order valence-corrected chi connectivity index (χ3v) is 1.32. The van der Waals surface area contributed by atoms with Gasteiger partial charge in [-0.05, 0) is 18.6 Å². The third-order valence-electron chi connectivity index (χ3n) is 1.32. The molecule has 0 saturated carbocycles. The van der Waals surface area contributed by atoms with Crippen LogP contribution in [0.3, 0.4) is 0 Å². The second-order valence-corrected chi connectivity index (χ2v) is 2.32. The molecule has 0 atom stereocenters. The molecule has 1 radical (unpaired) electrons. The highest BCUT2D eigenvalue weighted by molar-refractivity contribution is 6.52. The maximum Gasteiger partial charge on any atom is 0.177 e. The van der Waals surface area contributed by atoms with Crippen LogP contribution in [-0.4, -0.2) is 12.3 Å². The molecule has 0 aliphatic rings. The van der Waals surface area contributed by atoms with Crippen molar-refractivity contribution in [2.24, 2.45) is 0 Å². The summed E-state index contributed by atoms with van der Waals surface area (Å²) in [6.07, 6.45) is 1.05. The van der Waals surface area contributed by atoms with Crippen LogP contribution >= 0.6 is 0 Å². The Morgan fingerprint density at radius 3 is 2.90 bits per heavy atom. The van der Waals surface area contributed by atoms with Crippen LogP contribution in [0, 0.1) is 6.92 Å². The van der Waals surface area contributed by atoms with Gasteiger partial charge in [-0.2, -0.15) is 0 Å². The van der Waals surface area contributed by atoms with E-state index in [2.05, 4.69) is 19.2 Å². The average Bonchev–Trinajstić information content (AvgIpc) is 1.88. The van der Waals surface area contributed by atoms with E-state index in [0.717, 1.165) is 17.6 Å². The van der Waals surface area contributed by atoms with Gasteiger partial charge in [0.25, 0.3) is 0 Å². The number of hydrogen-bond donors (Lipinski definition) is 0. The van der Waals surface area contributed by atoms with E-state index >= 15 is 0 Å². The first-order valence-electron chi connectivity index (χ1n) is 3.60. The molecule has 0 unspecified atom stereocenters. The minimum atomic E-state index is 1.05. The minimum absolute atomic E-state index is 1.05. The molecular weight excluding hydrogens is 121 g/mol. The van der Waals surface area contributed by atoms with E-state index < -0.39 is 0 Å². The van der Waals surface area contributed by atoms with E-state index in [1.54, 1.807) is 0 Å². The molecule has 0 N–H and O–H groups in total. The first-order valence-corrected chi connectivity index (χ1v) is 3.60. The summed E-state index contributed by atoms with van der Waals surface area (Å²) in [5, 5.41) is 0. The standard InChI is InChI=1S/C8H11BN/c1-3-9-8-6-4-5-7(2)10-8/h4-6H,3H2,1-2H3. The molecule has 0 fully saturated rings. The molecule has 0 aliphatic heterocycles. The molecule has 0 bridgehead atoms. The summed E-state index contributed by atoms with van der Waals surface area (Å²) < 4.78 is 0. The first-order chi connectivity index (χ1) is 4.83. The monoisotopic (exact) mass is 132 g/mol. The topological polar surface area (TPSA) is 12.9 Å². The van der Waals surface area contributed by atoms with Crippen molar-refractivity contribution in [1.29, 1.82) is 0 Å². The molecule has 1 aromatic rings. The number of nitrogens with zero attached hydrogens (tertiary/aromatic N) is 1. The van der Waals surface area contributed by atoms with Gasteiger partial charge in [-0.3, -0.25) is 4.98 Å². The first kappa shape index (κ1) is 7.32. The normalized spacial score (nSPS) is 9.40. The van der Waals surface area contributed by atoms with E-state index in [4.69, 9.17) is 0 Å². The lowest BCUT2D eigenvalue weighted by Gasteiger charge is -1.96. The van der Waals surface area contributed by atoms with Gasteiger partial charge >= 0.3 is 0 Å². The maximum atomic E-state index is 4.31. The molecule has 0 spiro atoms. The van der Waals surface area contributed by atoms with Gasteiger partial charge in [0.1, 0.15) is 0 Å². The van der Waals surface area contributed by atoms with Gasteiger partial charge in [0.2, 0.25) is 0 Å². The quantitative estimate of drug-likeness (QED) is 0.550. The third kappa shape index (κ3) is 1.87. The van der Waals surface area contributed by atoms with Crippen molar-refractivity contribution >= 4 is 12.9 Å². The van der Waals surface area contributed by atoms with Gasteiger partial charge in [0, 0.05) is 5.69 Å². The zero-order valence-electron chi connectivity index (χ0n) is 6.46.